The summed E-state index contributed by atoms with van der Waals surface area (Å²) in [6, 6.07) is 16.5. The molecule has 3 aromatic rings. The lowest BCUT2D eigenvalue weighted by molar-refractivity contribution is -0.115. The van der Waals surface area contributed by atoms with Gasteiger partial charge in [0.05, 0.1) is 11.3 Å². The lowest BCUT2D eigenvalue weighted by Crippen LogP contribution is -2.18. The van der Waals surface area contributed by atoms with Gasteiger partial charge in [-0.25, -0.2) is 13.4 Å². The van der Waals surface area contributed by atoms with Crippen LogP contribution in [0.2, 0.25) is 0 Å². The molecule has 0 spiro atoms. The number of hydrogen-bond acceptors (Lipinski definition) is 4. The summed E-state index contributed by atoms with van der Waals surface area (Å²) in [4.78, 5) is 16.4. The van der Waals surface area contributed by atoms with Crippen LogP contribution in [-0.2, 0) is 27.5 Å². The van der Waals surface area contributed by atoms with E-state index in [0.717, 1.165) is 30.3 Å². The van der Waals surface area contributed by atoms with E-state index < -0.39 is 9.84 Å². The van der Waals surface area contributed by atoms with E-state index in [1.54, 1.807) is 12.1 Å². The fourth-order valence-electron chi connectivity index (χ4n) is 3.43. The third-order valence-corrected chi connectivity index (χ3v) is 6.48. The molecule has 1 aromatic heterocycles. The topological polar surface area (TPSA) is 76.1 Å². The molecule has 1 heterocycles. The average molecular weight is 380 g/mol. The number of para-hydroxylation sites is 1. The molecule has 1 aliphatic rings. The van der Waals surface area contributed by atoms with E-state index in [4.69, 9.17) is 0 Å². The van der Waals surface area contributed by atoms with Crippen LogP contribution in [0, 0.1) is 0 Å². The van der Waals surface area contributed by atoms with Crippen LogP contribution in [0.1, 0.15) is 24.0 Å². The Balaban J connectivity index is 1.42. The van der Waals surface area contributed by atoms with Gasteiger partial charge in [0.15, 0.2) is 14.9 Å². The van der Waals surface area contributed by atoms with Crippen molar-refractivity contribution >= 4 is 32.3 Å². The first-order valence-electron chi connectivity index (χ1n) is 9.01. The highest BCUT2D eigenvalue weighted by molar-refractivity contribution is 7.91. The second-order valence-corrected chi connectivity index (χ2v) is 8.85. The number of aryl methyl sites for hydroxylation is 2. The Kier molecular flexibility index (Phi) is 4.66. The maximum Gasteiger partial charge on any atom is 0.225 e. The summed E-state index contributed by atoms with van der Waals surface area (Å²) in [7, 11) is -3.62. The van der Waals surface area contributed by atoms with Gasteiger partial charge in [0.1, 0.15) is 0 Å². The molecule has 0 saturated carbocycles. The summed E-state index contributed by atoms with van der Waals surface area (Å²) in [5, 5.41) is 3.69. The monoisotopic (exact) mass is 380 g/mol. The maximum atomic E-state index is 12.5. The minimum absolute atomic E-state index is 0.00605. The molecule has 0 bridgehead atoms. The molecular weight excluding hydrogens is 360 g/mol. The van der Waals surface area contributed by atoms with Crippen LogP contribution in [-0.4, -0.2) is 25.1 Å². The van der Waals surface area contributed by atoms with Gasteiger partial charge >= 0.3 is 0 Å². The van der Waals surface area contributed by atoms with Gasteiger partial charge in [-0.2, -0.15) is 0 Å². The van der Waals surface area contributed by atoms with Crippen LogP contribution in [0.5, 0.6) is 0 Å². The van der Waals surface area contributed by atoms with E-state index in [9.17, 15) is 13.2 Å². The second-order valence-electron chi connectivity index (χ2n) is 6.80. The standard InChI is InChI=1S/C21H20N2O3S/c24-20(22-18-10-8-15-5-3-6-17(15)14-18)12-13-27(25,26)21-11-9-16-4-1-2-7-19(16)23-21/h1-2,4,7-11,14H,3,5-6,12-13H2,(H,22,24). The second kappa shape index (κ2) is 7.12. The summed E-state index contributed by atoms with van der Waals surface area (Å²) in [6.45, 7) is 0. The van der Waals surface area contributed by atoms with Crippen LogP contribution in [0.15, 0.2) is 59.6 Å². The predicted octanol–water partition coefficient (Wildman–Crippen LogP) is 3.53. The number of rotatable bonds is 5. The van der Waals surface area contributed by atoms with Crippen LogP contribution >= 0.6 is 0 Å². The van der Waals surface area contributed by atoms with Crippen molar-refractivity contribution in [1.29, 1.82) is 0 Å². The van der Waals surface area contributed by atoms with E-state index in [-0.39, 0.29) is 23.1 Å². The Morgan fingerprint density at radius 1 is 1.00 bits per heavy atom. The summed E-state index contributed by atoms with van der Waals surface area (Å²) >= 11 is 0. The third kappa shape index (κ3) is 3.85. The zero-order chi connectivity index (χ0) is 18.9. The Morgan fingerprint density at radius 3 is 2.70 bits per heavy atom. The van der Waals surface area contributed by atoms with Crippen LogP contribution in [0.25, 0.3) is 10.9 Å². The number of benzene rings is 2. The smallest absolute Gasteiger partial charge is 0.225 e. The first-order chi connectivity index (χ1) is 13.0. The molecule has 2 aromatic carbocycles. The molecular formula is C21H20N2O3S. The van der Waals surface area contributed by atoms with Crippen LogP contribution in [0.3, 0.4) is 0 Å². The number of pyridine rings is 1. The number of fused-ring (bicyclic) bond motifs is 2. The molecule has 6 heteroatoms. The first kappa shape index (κ1) is 17.7. The van der Waals surface area contributed by atoms with Crippen molar-refractivity contribution in [1.82, 2.24) is 4.98 Å². The zero-order valence-electron chi connectivity index (χ0n) is 14.8. The van der Waals surface area contributed by atoms with Crippen molar-refractivity contribution < 1.29 is 13.2 Å². The van der Waals surface area contributed by atoms with Gasteiger partial charge < -0.3 is 5.32 Å². The molecule has 5 nitrogen and oxygen atoms in total. The van der Waals surface area contributed by atoms with Crippen molar-refractivity contribution in [3.05, 3.63) is 65.7 Å². The number of nitrogens with one attached hydrogen (secondary N) is 1. The van der Waals surface area contributed by atoms with Crippen molar-refractivity contribution in [2.24, 2.45) is 0 Å². The number of carbonyl (C=O) groups is 1. The van der Waals surface area contributed by atoms with E-state index >= 15 is 0 Å². The normalized spacial score (nSPS) is 13.5. The molecule has 138 valence electrons. The minimum atomic E-state index is -3.62. The summed E-state index contributed by atoms with van der Waals surface area (Å²) in [6.07, 6.45) is 3.15. The first-order valence-corrected chi connectivity index (χ1v) is 10.7. The molecule has 0 atom stereocenters. The highest BCUT2D eigenvalue weighted by Crippen LogP contribution is 2.25. The lowest BCUT2D eigenvalue weighted by Gasteiger charge is -2.08. The molecule has 0 fully saturated rings. The fraction of sp³-hybridized carbons (Fsp3) is 0.238. The van der Waals surface area contributed by atoms with Crippen LogP contribution < -0.4 is 5.32 Å². The van der Waals surface area contributed by atoms with Crippen LogP contribution in [0.4, 0.5) is 5.69 Å². The molecule has 1 amide bonds. The van der Waals surface area contributed by atoms with Crippen molar-refractivity contribution in [2.45, 2.75) is 30.7 Å². The van der Waals surface area contributed by atoms with E-state index in [1.807, 2.05) is 36.4 Å². The zero-order valence-corrected chi connectivity index (χ0v) is 15.6. The van der Waals surface area contributed by atoms with E-state index in [1.165, 1.54) is 17.2 Å². The molecule has 1 aliphatic carbocycles. The molecule has 4 rings (SSSR count). The van der Waals surface area contributed by atoms with Crippen molar-refractivity contribution in [3.63, 3.8) is 0 Å². The highest BCUT2D eigenvalue weighted by Gasteiger charge is 2.19. The molecule has 27 heavy (non-hydrogen) atoms. The predicted molar refractivity (Wildman–Crippen MR) is 106 cm³/mol. The maximum absolute atomic E-state index is 12.5. The quantitative estimate of drug-likeness (QED) is 0.735. The van der Waals surface area contributed by atoms with Gasteiger partial charge in [0.25, 0.3) is 0 Å². The van der Waals surface area contributed by atoms with E-state index in [2.05, 4.69) is 10.3 Å². The largest absolute Gasteiger partial charge is 0.326 e. The highest BCUT2D eigenvalue weighted by atomic mass is 32.2. The molecule has 0 unspecified atom stereocenters. The van der Waals surface area contributed by atoms with E-state index in [0.29, 0.717) is 5.52 Å². The van der Waals surface area contributed by atoms with Gasteiger partial charge in [-0.05, 0) is 60.7 Å². The number of amides is 1. The molecule has 0 aliphatic heterocycles. The number of nitrogens with zero attached hydrogens (tertiary/aromatic N) is 1. The molecule has 0 radical (unpaired) electrons. The number of carbonyl (C=O) groups excluding carboxylic acids is 1. The minimum Gasteiger partial charge on any atom is -0.326 e. The number of aromatic nitrogens is 1. The summed E-state index contributed by atoms with van der Waals surface area (Å²) in [5.74, 6) is -0.577. The Labute approximate surface area is 158 Å². The number of sulfone groups is 1. The SMILES string of the molecule is O=C(CCS(=O)(=O)c1ccc2ccccc2n1)Nc1ccc2c(c1)CCC2. The molecule has 0 saturated heterocycles. The Hall–Kier alpha value is -2.73. The lowest BCUT2D eigenvalue weighted by atomic mass is 10.1. The number of anilines is 1. The average Bonchev–Trinajstić information content (AvgIpc) is 3.14. The van der Waals surface area contributed by atoms with Gasteiger partial charge in [-0.15, -0.1) is 0 Å². The van der Waals surface area contributed by atoms with Crippen molar-refractivity contribution in [2.75, 3.05) is 11.1 Å². The number of hydrogen-bond donors (Lipinski definition) is 1. The summed E-state index contributed by atoms with van der Waals surface area (Å²) < 4.78 is 25.1. The Morgan fingerprint density at radius 2 is 1.81 bits per heavy atom. The third-order valence-electron chi connectivity index (χ3n) is 4.87. The van der Waals surface area contributed by atoms with Crippen molar-refractivity contribution in [3.8, 4) is 0 Å². The fourth-order valence-corrected chi connectivity index (χ4v) is 4.60. The summed E-state index contributed by atoms with van der Waals surface area (Å²) in [5.41, 5.74) is 3.95. The Bertz CT molecular complexity index is 1120. The molecule has 1 N–H and O–H groups in total. The van der Waals surface area contributed by atoms with Gasteiger partial charge in [0, 0.05) is 17.5 Å². The van der Waals surface area contributed by atoms with Gasteiger partial charge in [-0.3, -0.25) is 4.79 Å². The van der Waals surface area contributed by atoms with Gasteiger partial charge in [-0.1, -0.05) is 24.3 Å². The van der Waals surface area contributed by atoms with Gasteiger partial charge in [0.2, 0.25) is 5.91 Å².